The SMILES string of the molecule is Cc1sc2nc(CS[C@@H](C)C#N)[nH]c(=O)c2c1C. The number of nitrogens with zero attached hydrogens (tertiary/aromatic N) is 2. The summed E-state index contributed by atoms with van der Waals surface area (Å²) in [6, 6.07) is 2.15. The van der Waals surface area contributed by atoms with E-state index < -0.39 is 0 Å². The van der Waals surface area contributed by atoms with Crippen molar-refractivity contribution < 1.29 is 0 Å². The molecule has 0 saturated carbocycles. The van der Waals surface area contributed by atoms with Crippen LogP contribution >= 0.6 is 23.1 Å². The second-order valence-corrected chi connectivity index (χ2v) is 6.59. The van der Waals surface area contributed by atoms with Crippen molar-refractivity contribution in [1.29, 1.82) is 5.26 Å². The van der Waals surface area contributed by atoms with Gasteiger partial charge in [-0.25, -0.2) is 4.98 Å². The molecule has 0 fully saturated rings. The summed E-state index contributed by atoms with van der Waals surface area (Å²) in [5.74, 6) is 1.19. The Labute approximate surface area is 113 Å². The highest BCUT2D eigenvalue weighted by Crippen LogP contribution is 2.26. The third-order valence-electron chi connectivity index (χ3n) is 2.74. The summed E-state index contributed by atoms with van der Waals surface area (Å²) in [4.78, 5) is 21.1. The number of thioether (sulfide) groups is 1. The second kappa shape index (κ2) is 5.12. The Kier molecular flexibility index (Phi) is 3.73. The van der Waals surface area contributed by atoms with Crippen LogP contribution < -0.4 is 5.56 Å². The van der Waals surface area contributed by atoms with E-state index in [1.165, 1.54) is 11.8 Å². The van der Waals surface area contributed by atoms with Crippen LogP contribution in [0.15, 0.2) is 4.79 Å². The molecule has 2 aromatic heterocycles. The van der Waals surface area contributed by atoms with E-state index >= 15 is 0 Å². The first kappa shape index (κ1) is 13.1. The molecule has 0 aliphatic rings. The van der Waals surface area contributed by atoms with Gasteiger partial charge in [0.1, 0.15) is 10.7 Å². The average Bonchev–Trinajstić information content (AvgIpc) is 2.62. The van der Waals surface area contributed by atoms with Crippen LogP contribution in [0.2, 0.25) is 0 Å². The lowest BCUT2D eigenvalue weighted by Gasteiger charge is -2.02. The first-order valence-electron chi connectivity index (χ1n) is 5.53. The van der Waals surface area contributed by atoms with E-state index in [2.05, 4.69) is 16.0 Å². The minimum atomic E-state index is -0.0993. The number of nitriles is 1. The van der Waals surface area contributed by atoms with E-state index in [1.54, 1.807) is 11.3 Å². The minimum Gasteiger partial charge on any atom is -0.309 e. The molecule has 0 saturated heterocycles. The zero-order valence-electron chi connectivity index (χ0n) is 10.4. The zero-order valence-corrected chi connectivity index (χ0v) is 12.0. The normalized spacial score (nSPS) is 12.6. The molecule has 0 spiro atoms. The molecule has 0 aromatic carbocycles. The van der Waals surface area contributed by atoms with Crippen molar-refractivity contribution in [3.63, 3.8) is 0 Å². The average molecular weight is 279 g/mol. The molecule has 6 heteroatoms. The van der Waals surface area contributed by atoms with Gasteiger partial charge in [-0.15, -0.1) is 23.1 Å². The minimum absolute atomic E-state index is 0.0814. The largest absolute Gasteiger partial charge is 0.309 e. The number of rotatable bonds is 3. The van der Waals surface area contributed by atoms with E-state index in [9.17, 15) is 4.79 Å². The van der Waals surface area contributed by atoms with Crippen molar-refractivity contribution in [2.75, 3.05) is 0 Å². The Morgan fingerprint density at radius 2 is 2.28 bits per heavy atom. The van der Waals surface area contributed by atoms with E-state index in [-0.39, 0.29) is 10.8 Å². The van der Waals surface area contributed by atoms with Crippen LogP contribution in [0.4, 0.5) is 0 Å². The van der Waals surface area contributed by atoms with E-state index in [4.69, 9.17) is 5.26 Å². The van der Waals surface area contributed by atoms with Gasteiger partial charge in [-0.3, -0.25) is 4.79 Å². The van der Waals surface area contributed by atoms with E-state index in [1.807, 2.05) is 20.8 Å². The molecule has 2 rings (SSSR count). The topological polar surface area (TPSA) is 69.5 Å². The Morgan fingerprint density at radius 3 is 2.94 bits per heavy atom. The monoisotopic (exact) mass is 279 g/mol. The maximum atomic E-state index is 12.0. The van der Waals surface area contributed by atoms with Gasteiger partial charge < -0.3 is 4.98 Å². The fourth-order valence-electron chi connectivity index (χ4n) is 1.61. The van der Waals surface area contributed by atoms with Crippen LogP contribution in [-0.2, 0) is 5.75 Å². The predicted molar refractivity (Wildman–Crippen MR) is 76.1 cm³/mol. The quantitative estimate of drug-likeness (QED) is 0.938. The molecule has 2 heterocycles. The van der Waals surface area contributed by atoms with Gasteiger partial charge in [0.15, 0.2) is 0 Å². The Balaban J connectivity index is 2.38. The number of H-pyrrole nitrogens is 1. The molecule has 0 amide bonds. The molecule has 0 radical (unpaired) electrons. The lowest BCUT2D eigenvalue weighted by Crippen LogP contribution is -2.11. The number of aromatic nitrogens is 2. The third-order valence-corrected chi connectivity index (χ3v) is 4.89. The van der Waals surface area contributed by atoms with Gasteiger partial charge in [0.05, 0.1) is 22.5 Å². The highest BCUT2D eigenvalue weighted by molar-refractivity contribution is 7.99. The number of hydrogen-bond donors (Lipinski definition) is 1. The van der Waals surface area contributed by atoms with E-state index in [0.29, 0.717) is 17.0 Å². The molecule has 0 aliphatic heterocycles. The first-order valence-corrected chi connectivity index (χ1v) is 7.39. The lowest BCUT2D eigenvalue weighted by atomic mass is 10.2. The highest BCUT2D eigenvalue weighted by Gasteiger charge is 2.12. The highest BCUT2D eigenvalue weighted by atomic mass is 32.2. The van der Waals surface area contributed by atoms with Crippen molar-refractivity contribution in [2.45, 2.75) is 31.8 Å². The molecule has 0 unspecified atom stereocenters. The van der Waals surface area contributed by atoms with Gasteiger partial charge >= 0.3 is 0 Å². The summed E-state index contributed by atoms with van der Waals surface area (Å²) >= 11 is 3.01. The molecule has 0 bridgehead atoms. The molecule has 1 N–H and O–H groups in total. The third kappa shape index (κ3) is 2.42. The number of hydrogen-bond acceptors (Lipinski definition) is 5. The maximum Gasteiger partial charge on any atom is 0.259 e. The summed E-state index contributed by atoms with van der Waals surface area (Å²) in [5, 5.41) is 9.31. The lowest BCUT2D eigenvalue weighted by molar-refractivity contribution is 1.04. The molecule has 1 atom stereocenters. The van der Waals surface area contributed by atoms with Crippen LogP contribution in [-0.4, -0.2) is 15.2 Å². The van der Waals surface area contributed by atoms with Crippen molar-refractivity contribution in [1.82, 2.24) is 9.97 Å². The van der Waals surface area contributed by atoms with Crippen molar-refractivity contribution >= 4 is 33.3 Å². The maximum absolute atomic E-state index is 12.0. The molecule has 4 nitrogen and oxygen atoms in total. The Bertz CT molecular complexity index is 681. The predicted octanol–water partition coefficient (Wildman–Crippen LogP) is 2.75. The van der Waals surface area contributed by atoms with Crippen LogP contribution in [0, 0.1) is 25.2 Å². The number of aromatic amines is 1. The summed E-state index contributed by atoms with van der Waals surface area (Å²) < 4.78 is 0. The van der Waals surface area contributed by atoms with Crippen LogP contribution in [0.25, 0.3) is 10.2 Å². The zero-order chi connectivity index (χ0) is 13.3. The molecule has 18 heavy (non-hydrogen) atoms. The first-order chi connectivity index (χ1) is 8.52. The van der Waals surface area contributed by atoms with Crippen molar-refractivity contribution in [3.8, 4) is 6.07 Å². The standard InChI is InChI=1S/C12H13N3OS2/c1-6(4-13)17-5-9-14-11(16)10-7(2)8(3)18-12(10)15-9/h6H,5H2,1-3H3,(H,14,15,16)/t6-/m0/s1. The molecular weight excluding hydrogens is 266 g/mol. The fourth-order valence-corrected chi connectivity index (χ4v) is 3.28. The van der Waals surface area contributed by atoms with Gasteiger partial charge in [-0.05, 0) is 26.3 Å². The van der Waals surface area contributed by atoms with Gasteiger partial charge in [-0.2, -0.15) is 5.26 Å². The molecule has 0 aliphatic carbocycles. The van der Waals surface area contributed by atoms with Crippen molar-refractivity contribution in [2.24, 2.45) is 0 Å². The molecule has 2 aromatic rings. The molecule has 94 valence electrons. The second-order valence-electron chi connectivity index (χ2n) is 4.06. The smallest absolute Gasteiger partial charge is 0.259 e. The Morgan fingerprint density at radius 1 is 1.56 bits per heavy atom. The number of aryl methyl sites for hydroxylation is 2. The van der Waals surface area contributed by atoms with E-state index in [0.717, 1.165) is 15.3 Å². The number of fused-ring (bicyclic) bond motifs is 1. The van der Waals surface area contributed by atoms with Gasteiger partial charge in [-0.1, -0.05) is 0 Å². The van der Waals surface area contributed by atoms with Gasteiger partial charge in [0.25, 0.3) is 5.56 Å². The summed E-state index contributed by atoms with van der Waals surface area (Å²) in [6.45, 7) is 5.77. The van der Waals surface area contributed by atoms with Crippen LogP contribution in [0.3, 0.4) is 0 Å². The fraction of sp³-hybridized carbons (Fsp3) is 0.417. The molecular formula is C12H13N3OS2. The number of nitrogens with one attached hydrogen (secondary N) is 1. The summed E-state index contributed by atoms with van der Waals surface area (Å²) in [6.07, 6.45) is 0. The van der Waals surface area contributed by atoms with Crippen molar-refractivity contribution in [3.05, 3.63) is 26.6 Å². The van der Waals surface area contributed by atoms with Gasteiger partial charge in [0.2, 0.25) is 0 Å². The summed E-state index contributed by atoms with van der Waals surface area (Å²) in [5.41, 5.74) is 0.926. The Hall–Kier alpha value is -1.32. The number of thiophene rings is 1. The summed E-state index contributed by atoms with van der Waals surface area (Å²) in [7, 11) is 0. The van der Waals surface area contributed by atoms with Crippen LogP contribution in [0.1, 0.15) is 23.2 Å². The van der Waals surface area contributed by atoms with Crippen LogP contribution in [0.5, 0.6) is 0 Å². The van der Waals surface area contributed by atoms with Gasteiger partial charge in [0, 0.05) is 4.88 Å².